The van der Waals surface area contributed by atoms with Gasteiger partial charge in [-0.05, 0) is 29.7 Å². The number of fused-ring (bicyclic) bond motifs is 1. The molecule has 4 aromatic rings. The van der Waals surface area contributed by atoms with E-state index in [1.165, 1.54) is 0 Å². The lowest BCUT2D eigenvalue weighted by molar-refractivity contribution is 0.113. The first kappa shape index (κ1) is 15.6. The monoisotopic (exact) mass is 328 g/mol. The van der Waals surface area contributed by atoms with Crippen LogP contribution in [0.25, 0.3) is 11.0 Å². The van der Waals surface area contributed by atoms with Crippen molar-refractivity contribution in [1.82, 2.24) is 9.55 Å². The molecule has 0 aliphatic carbocycles. The zero-order chi connectivity index (χ0) is 17.4. The van der Waals surface area contributed by atoms with E-state index in [-0.39, 0.29) is 0 Å². The van der Waals surface area contributed by atoms with Crippen molar-refractivity contribution in [2.24, 2.45) is 7.05 Å². The molecule has 0 fully saturated rings. The Morgan fingerprint density at radius 2 is 1.36 bits per heavy atom. The van der Waals surface area contributed by atoms with E-state index in [0.717, 1.165) is 27.7 Å². The third-order valence-corrected chi connectivity index (χ3v) is 4.82. The maximum Gasteiger partial charge on any atom is 0.173 e. The highest BCUT2D eigenvalue weighted by Crippen LogP contribution is 2.37. The second-order valence-electron chi connectivity index (χ2n) is 6.38. The van der Waals surface area contributed by atoms with E-state index in [2.05, 4.69) is 0 Å². The van der Waals surface area contributed by atoms with Crippen LogP contribution in [0.2, 0.25) is 0 Å². The van der Waals surface area contributed by atoms with Gasteiger partial charge in [0.05, 0.1) is 11.0 Å². The quantitative estimate of drug-likeness (QED) is 0.613. The van der Waals surface area contributed by atoms with Crippen molar-refractivity contribution in [3.05, 3.63) is 101 Å². The van der Waals surface area contributed by atoms with Crippen LogP contribution in [0.3, 0.4) is 0 Å². The number of para-hydroxylation sites is 1. The molecule has 124 valence electrons. The fourth-order valence-corrected chi connectivity index (χ4v) is 3.46. The van der Waals surface area contributed by atoms with E-state index in [1.54, 1.807) is 0 Å². The Balaban J connectivity index is 2.06. The highest BCUT2D eigenvalue weighted by atomic mass is 16.3. The van der Waals surface area contributed by atoms with E-state index in [0.29, 0.717) is 5.82 Å². The predicted molar refractivity (Wildman–Crippen MR) is 100 cm³/mol. The van der Waals surface area contributed by atoms with Crippen molar-refractivity contribution in [3.63, 3.8) is 0 Å². The lowest BCUT2D eigenvalue weighted by Gasteiger charge is -2.29. The summed E-state index contributed by atoms with van der Waals surface area (Å²) < 4.78 is 1.99. The van der Waals surface area contributed by atoms with Gasteiger partial charge in [-0.15, -0.1) is 0 Å². The van der Waals surface area contributed by atoms with Gasteiger partial charge in [0.2, 0.25) is 0 Å². The van der Waals surface area contributed by atoms with Gasteiger partial charge < -0.3 is 9.67 Å². The fourth-order valence-electron chi connectivity index (χ4n) is 3.46. The summed E-state index contributed by atoms with van der Waals surface area (Å²) in [7, 11) is 1.96. The SMILES string of the molecule is Cc1cccc2c1nc(C(O)(c1ccccc1)c1ccccc1)n2C. The molecule has 0 bridgehead atoms. The molecule has 0 aliphatic rings. The first-order valence-corrected chi connectivity index (χ1v) is 8.38. The predicted octanol–water partition coefficient (Wildman–Crippen LogP) is 4.17. The highest BCUT2D eigenvalue weighted by molar-refractivity contribution is 5.80. The molecule has 0 radical (unpaired) electrons. The second-order valence-corrected chi connectivity index (χ2v) is 6.38. The average Bonchev–Trinajstić information content (AvgIpc) is 3.01. The van der Waals surface area contributed by atoms with E-state index in [4.69, 9.17) is 4.98 Å². The summed E-state index contributed by atoms with van der Waals surface area (Å²) in [5, 5.41) is 11.9. The standard InChI is InChI=1S/C22H20N2O/c1-16-10-9-15-19-20(16)23-21(24(19)2)22(25,17-11-5-3-6-12-17)18-13-7-4-8-14-18/h3-15,25H,1-2H3. The van der Waals surface area contributed by atoms with E-state index >= 15 is 0 Å². The van der Waals surface area contributed by atoms with Crippen LogP contribution >= 0.6 is 0 Å². The molecular weight excluding hydrogens is 308 g/mol. The Kier molecular flexibility index (Phi) is 3.66. The molecule has 0 amide bonds. The molecule has 3 heteroatoms. The number of benzene rings is 3. The van der Waals surface area contributed by atoms with Crippen LogP contribution in [0.5, 0.6) is 0 Å². The molecule has 0 saturated heterocycles. The number of nitrogens with zero attached hydrogens (tertiary/aromatic N) is 2. The summed E-state index contributed by atoms with van der Waals surface area (Å²) in [6.45, 7) is 2.04. The lowest BCUT2D eigenvalue weighted by atomic mass is 9.85. The lowest BCUT2D eigenvalue weighted by Crippen LogP contribution is -2.32. The van der Waals surface area contributed by atoms with Crippen molar-refractivity contribution in [2.45, 2.75) is 12.5 Å². The molecule has 0 saturated carbocycles. The normalized spacial score (nSPS) is 11.8. The molecule has 1 aromatic heterocycles. The third kappa shape index (κ3) is 2.36. The van der Waals surface area contributed by atoms with Gasteiger partial charge in [-0.3, -0.25) is 0 Å². The molecule has 3 aromatic carbocycles. The molecule has 0 aliphatic heterocycles. The molecule has 1 N–H and O–H groups in total. The molecule has 0 spiro atoms. The molecule has 0 atom stereocenters. The third-order valence-electron chi connectivity index (χ3n) is 4.82. The van der Waals surface area contributed by atoms with Gasteiger partial charge in [-0.25, -0.2) is 4.98 Å². The summed E-state index contributed by atoms with van der Waals surface area (Å²) in [4.78, 5) is 4.85. The zero-order valence-corrected chi connectivity index (χ0v) is 14.3. The van der Waals surface area contributed by atoms with E-state index in [1.807, 2.05) is 97.4 Å². The fraction of sp³-hybridized carbons (Fsp3) is 0.136. The molecule has 4 rings (SSSR count). The minimum Gasteiger partial charge on any atom is -0.373 e. The Morgan fingerprint density at radius 1 is 0.800 bits per heavy atom. The molecule has 0 unspecified atom stereocenters. The van der Waals surface area contributed by atoms with Gasteiger partial charge >= 0.3 is 0 Å². The van der Waals surface area contributed by atoms with Crippen LogP contribution in [0, 0.1) is 6.92 Å². The van der Waals surface area contributed by atoms with E-state index < -0.39 is 5.60 Å². The second kappa shape index (κ2) is 5.87. The molecule has 1 heterocycles. The van der Waals surface area contributed by atoms with Crippen LogP contribution in [0.4, 0.5) is 0 Å². The van der Waals surface area contributed by atoms with Crippen molar-refractivity contribution < 1.29 is 5.11 Å². The van der Waals surface area contributed by atoms with Gasteiger partial charge in [0.1, 0.15) is 0 Å². The van der Waals surface area contributed by atoms with Crippen molar-refractivity contribution in [3.8, 4) is 0 Å². The Bertz CT molecular complexity index is 981. The first-order chi connectivity index (χ1) is 12.1. The highest BCUT2D eigenvalue weighted by Gasteiger charge is 2.38. The molecule has 25 heavy (non-hydrogen) atoms. The Hall–Kier alpha value is -2.91. The van der Waals surface area contributed by atoms with Crippen LogP contribution in [0.1, 0.15) is 22.5 Å². The van der Waals surface area contributed by atoms with Crippen molar-refractivity contribution in [2.75, 3.05) is 0 Å². The van der Waals surface area contributed by atoms with Crippen LogP contribution in [0.15, 0.2) is 78.9 Å². The number of rotatable bonds is 3. The molecular formula is C22H20N2O. The van der Waals surface area contributed by atoms with Crippen LogP contribution in [-0.2, 0) is 12.6 Å². The summed E-state index contributed by atoms with van der Waals surface area (Å²) >= 11 is 0. The van der Waals surface area contributed by atoms with Crippen LogP contribution < -0.4 is 0 Å². The number of hydrogen-bond donors (Lipinski definition) is 1. The van der Waals surface area contributed by atoms with Gasteiger partial charge in [-0.1, -0.05) is 72.8 Å². The maximum absolute atomic E-state index is 11.9. The Morgan fingerprint density at radius 3 is 1.88 bits per heavy atom. The largest absolute Gasteiger partial charge is 0.373 e. The summed E-state index contributed by atoms with van der Waals surface area (Å²) in [6.07, 6.45) is 0. The van der Waals surface area contributed by atoms with Crippen molar-refractivity contribution >= 4 is 11.0 Å². The first-order valence-electron chi connectivity index (χ1n) is 8.38. The van der Waals surface area contributed by atoms with E-state index in [9.17, 15) is 5.11 Å². The average molecular weight is 328 g/mol. The van der Waals surface area contributed by atoms with Gasteiger partial charge in [-0.2, -0.15) is 0 Å². The number of aliphatic hydroxyl groups is 1. The smallest absolute Gasteiger partial charge is 0.173 e. The van der Waals surface area contributed by atoms with Gasteiger partial charge in [0, 0.05) is 7.05 Å². The number of aromatic nitrogens is 2. The summed E-state index contributed by atoms with van der Waals surface area (Å²) in [5.41, 5.74) is 3.32. The van der Waals surface area contributed by atoms with Crippen LogP contribution in [-0.4, -0.2) is 14.7 Å². The maximum atomic E-state index is 11.9. The van der Waals surface area contributed by atoms with Crippen molar-refractivity contribution in [1.29, 1.82) is 0 Å². The number of imidazole rings is 1. The summed E-state index contributed by atoms with van der Waals surface area (Å²) in [5.74, 6) is 0.620. The number of aryl methyl sites for hydroxylation is 2. The van der Waals surface area contributed by atoms with Gasteiger partial charge in [0.25, 0.3) is 0 Å². The minimum absolute atomic E-state index is 0.620. The van der Waals surface area contributed by atoms with Gasteiger partial charge in [0.15, 0.2) is 11.4 Å². The number of hydrogen-bond acceptors (Lipinski definition) is 2. The zero-order valence-electron chi connectivity index (χ0n) is 14.3. The topological polar surface area (TPSA) is 38.1 Å². The minimum atomic E-state index is -1.32. The Labute approximate surface area is 147 Å². The molecule has 3 nitrogen and oxygen atoms in total. The summed E-state index contributed by atoms with van der Waals surface area (Å²) in [6, 6.07) is 25.5.